The van der Waals surface area contributed by atoms with Gasteiger partial charge in [-0.25, -0.2) is 4.98 Å². The van der Waals surface area contributed by atoms with Crippen LogP contribution in [0.5, 0.6) is 0 Å². The number of imidazole rings is 1. The van der Waals surface area contributed by atoms with Crippen molar-refractivity contribution in [2.75, 3.05) is 18.5 Å². The molecule has 2 aromatic heterocycles. The van der Waals surface area contributed by atoms with Crippen LogP contribution < -0.4 is 5.32 Å². The highest BCUT2D eigenvalue weighted by Crippen LogP contribution is 2.33. The van der Waals surface area contributed by atoms with E-state index in [4.69, 9.17) is 4.74 Å². The maximum Gasteiger partial charge on any atom is 0.138 e. The number of aromatic nitrogens is 3. The number of ether oxygens (including phenoxy) is 1. The van der Waals surface area contributed by atoms with Crippen LogP contribution in [0.15, 0.2) is 35.3 Å². The molecule has 0 amide bonds. The minimum absolute atomic E-state index is 0.0764. The van der Waals surface area contributed by atoms with Crippen LogP contribution in [0.4, 0.5) is 5.69 Å². The Morgan fingerprint density at radius 1 is 1.48 bits per heavy atom. The third-order valence-electron chi connectivity index (χ3n) is 3.83. The van der Waals surface area contributed by atoms with Gasteiger partial charge in [0.2, 0.25) is 0 Å². The normalized spacial score (nSPS) is 21.6. The molecule has 2 aromatic rings. The van der Waals surface area contributed by atoms with E-state index in [1.165, 1.54) is 0 Å². The second kappa shape index (κ2) is 6.58. The molecule has 1 aliphatic rings. The van der Waals surface area contributed by atoms with Crippen molar-refractivity contribution in [1.29, 1.82) is 0 Å². The van der Waals surface area contributed by atoms with Crippen LogP contribution >= 0.6 is 15.9 Å². The van der Waals surface area contributed by atoms with Gasteiger partial charge in [0, 0.05) is 48.7 Å². The largest absolute Gasteiger partial charge is 0.383 e. The van der Waals surface area contributed by atoms with E-state index < -0.39 is 0 Å². The summed E-state index contributed by atoms with van der Waals surface area (Å²) in [5, 5.41) is 3.45. The van der Waals surface area contributed by atoms with Gasteiger partial charge in [-0.05, 0) is 35.3 Å². The van der Waals surface area contributed by atoms with Crippen LogP contribution in [0.25, 0.3) is 0 Å². The van der Waals surface area contributed by atoms with Crippen molar-refractivity contribution in [3.8, 4) is 0 Å². The number of rotatable bonds is 5. The Labute approximate surface area is 132 Å². The summed E-state index contributed by atoms with van der Waals surface area (Å²) in [5.74, 6) is 1.46. The van der Waals surface area contributed by atoms with E-state index in [1.54, 1.807) is 6.20 Å². The Hall–Kier alpha value is -1.40. The highest BCUT2D eigenvalue weighted by molar-refractivity contribution is 9.10. The Bertz CT molecular complexity index is 601. The van der Waals surface area contributed by atoms with E-state index >= 15 is 0 Å². The van der Waals surface area contributed by atoms with Crippen LogP contribution in [0.1, 0.15) is 25.3 Å². The first kappa shape index (κ1) is 14.5. The van der Waals surface area contributed by atoms with Gasteiger partial charge >= 0.3 is 0 Å². The SMILES string of the molecule is CCn1ccnc1[C@@H]1OCC[C@H]1CNc1cncc(Br)c1. The smallest absolute Gasteiger partial charge is 0.138 e. The molecule has 3 heterocycles. The molecule has 21 heavy (non-hydrogen) atoms. The van der Waals surface area contributed by atoms with Gasteiger partial charge in [0.15, 0.2) is 0 Å². The molecule has 1 saturated heterocycles. The van der Waals surface area contributed by atoms with Gasteiger partial charge in [-0.2, -0.15) is 0 Å². The summed E-state index contributed by atoms with van der Waals surface area (Å²) in [5.41, 5.74) is 1.02. The van der Waals surface area contributed by atoms with E-state index in [2.05, 4.69) is 42.7 Å². The molecule has 0 bridgehead atoms. The number of nitrogens with zero attached hydrogens (tertiary/aromatic N) is 3. The first-order valence-corrected chi connectivity index (χ1v) is 8.04. The molecular weight excluding hydrogens is 332 g/mol. The van der Waals surface area contributed by atoms with Crippen LogP contribution in [0.3, 0.4) is 0 Å². The Morgan fingerprint density at radius 3 is 3.19 bits per heavy atom. The van der Waals surface area contributed by atoms with Crippen molar-refractivity contribution in [2.24, 2.45) is 5.92 Å². The molecule has 5 nitrogen and oxygen atoms in total. The zero-order valence-electron chi connectivity index (χ0n) is 12.0. The number of aryl methyl sites for hydroxylation is 1. The van der Waals surface area contributed by atoms with Gasteiger partial charge in [0.1, 0.15) is 11.9 Å². The predicted octanol–water partition coefficient (Wildman–Crippen LogP) is 3.25. The summed E-state index contributed by atoms with van der Waals surface area (Å²) in [6.45, 7) is 4.70. The van der Waals surface area contributed by atoms with E-state index in [1.807, 2.05) is 24.7 Å². The van der Waals surface area contributed by atoms with E-state index in [0.717, 1.165) is 42.1 Å². The molecule has 112 valence electrons. The van der Waals surface area contributed by atoms with Crippen LogP contribution in [0, 0.1) is 5.92 Å². The molecule has 1 fully saturated rings. The van der Waals surface area contributed by atoms with Gasteiger partial charge in [0.05, 0.1) is 11.9 Å². The summed E-state index contributed by atoms with van der Waals surface area (Å²) in [6.07, 6.45) is 8.61. The lowest BCUT2D eigenvalue weighted by molar-refractivity contribution is 0.0832. The van der Waals surface area contributed by atoms with Crippen molar-refractivity contribution in [2.45, 2.75) is 26.0 Å². The zero-order valence-corrected chi connectivity index (χ0v) is 13.6. The third-order valence-corrected chi connectivity index (χ3v) is 4.26. The highest BCUT2D eigenvalue weighted by atomic mass is 79.9. The molecule has 0 aliphatic carbocycles. The van der Waals surface area contributed by atoms with Gasteiger partial charge in [-0.1, -0.05) is 0 Å². The first-order chi connectivity index (χ1) is 10.3. The molecule has 0 spiro atoms. The lowest BCUT2D eigenvalue weighted by Gasteiger charge is -2.20. The molecular formula is C15H19BrN4O. The van der Waals surface area contributed by atoms with Crippen molar-refractivity contribution < 1.29 is 4.74 Å². The van der Waals surface area contributed by atoms with E-state index in [-0.39, 0.29) is 6.10 Å². The number of hydrogen-bond donors (Lipinski definition) is 1. The maximum absolute atomic E-state index is 5.92. The summed E-state index contributed by atoms with van der Waals surface area (Å²) in [4.78, 5) is 8.65. The standard InChI is InChI=1S/C15H19BrN4O/c1-2-20-5-4-18-15(20)14-11(3-6-21-14)8-19-13-7-12(16)9-17-10-13/h4-5,7,9-11,14,19H,2-3,6,8H2,1H3/t11-,14+/m0/s1. The third kappa shape index (κ3) is 3.27. The number of hydrogen-bond acceptors (Lipinski definition) is 4. The summed E-state index contributed by atoms with van der Waals surface area (Å²) < 4.78 is 9.05. The average molecular weight is 351 g/mol. The van der Waals surface area contributed by atoms with E-state index in [9.17, 15) is 0 Å². The van der Waals surface area contributed by atoms with Gasteiger partial charge in [0.25, 0.3) is 0 Å². The monoisotopic (exact) mass is 350 g/mol. The first-order valence-electron chi connectivity index (χ1n) is 7.25. The van der Waals surface area contributed by atoms with Crippen LogP contribution in [-0.4, -0.2) is 27.7 Å². The second-order valence-corrected chi connectivity index (χ2v) is 6.10. The number of nitrogens with one attached hydrogen (secondary N) is 1. The van der Waals surface area contributed by atoms with Gasteiger partial charge < -0.3 is 14.6 Å². The quantitative estimate of drug-likeness (QED) is 0.899. The fourth-order valence-electron chi connectivity index (χ4n) is 2.73. The molecule has 0 saturated carbocycles. The highest BCUT2D eigenvalue weighted by Gasteiger charge is 2.32. The van der Waals surface area contributed by atoms with Gasteiger partial charge in [-0.3, -0.25) is 4.98 Å². The van der Waals surface area contributed by atoms with Crippen molar-refractivity contribution in [3.05, 3.63) is 41.2 Å². The fourth-order valence-corrected chi connectivity index (χ4v) is 3.10. The topological polar surface area (TPSA) is 52.0 Å². The summed E-state index contributed by atoms with van der Waals surface area (Å²) in [6, 6.07) is 2.03. The molecule has 0 aromatic carbocycles. The average Bonchev–Trinajstić information content (AvgIpc) is 3.13. The minimum atomic E-state index is 0.0764. The Kier molecular flexibility index (Phi) is 4.55. The fraction of sp³-hybridized carbons (Fsp3) is 0.467. The van der Waals surface area contributed by atoms with Crippen molar-refractivity contribution in [3.63, 3.8) is 0 Å². The molecule has 3 rings (SSSR count). The predicted molar refractivity (Wildman–Crippen MR) is 85.1 cm³/mol. The lowest BCUT2D eigenvalue weighted by Crippen LogP contribution is -2.20. The molecule has 2 atom stereocenters. The minimum Gasteiger partial charge on any atom is -0.383 e. The van der Waals surface area contributed by atoms with Crippen LogP contribution in [0.2, 0.25) is 0 Å². The van der Waals surface area contributed by atoms with Gasteiger partial charge in [-0.15, -0.1) is 0 Å². The maximum atomic E-state index is 5.92. The van der Waals surface area contributed by atoms with E-state index in [0.29, 0.717) is 5.92 Å². The molecule has 0 unspecified atom stereocenters. The molecule has 1 aliphatic heterocycles. The Morgan fingerprint density at radius 2 is 2.38 bits per heavy atom. The number of anilines is 1. The molecule has 6 heteroatoms. The van der Waals surface area contributed by atoms with Crippen LogP contribution in [-0.2, 0) is 11.3 Å². The number of halogens is 1. The van der Waals surface area contributed by atoms with Crippen molar-refractivity contribution >= 4 is 21.6 Å². The number of pyridine rings is 1. The second-order valence-electron chi connectivity index (χ2n) is 5.18. The molecule has 0 radical (unpaired) electrons. The van der Waals surface area contributed by atoms with Crippen molar-refractivity contribution in [1.82, 2.24) is 14.5 Å². The summed E-state index contributed by atoms with van der Waals surface area (Å²) >= 11 is 3.44. The lowest BCUT2D eigenvalue weighted by atomic mass is 10.0. The molecule has 1 N–H and O–H groups in total. The Balaban J connectivity index is 1.67. The zero-order chi connectivity index (χ0) is 14.7. The summed E-state index contributed by atoms with van der Waals surface area (Å²) in [7, 11) is 0.